The van der Waals surface area contributed by atoms with Crippen LogP contribution in [0.25, 0.3) is 0 Å². The number of nitrogens with one attached hydrogen (secondary N) is 2. The zero-order valence-electron chi connectivity index (χ0n) is 11.2. The van der Waals surface area contributed by atoms with Crippen LogP contribution in [0.4, 0.5) is 11.6 Å². The first-order valence-corrected chi connectivity index (χ1v) is 6.59. The van der Waals surface area contributed by atoms with Gasteiger partial charge in [-0.2, -0.15) is 0 Å². The molecule has 0 bridgehead atoms. The van der Waals surface area contributed by atoms with Crippen molar-refractivity contribution in [3.63, 3.8) is 0 Å². The average Bonchev–Trinajstić information content (AvgIpc) is 2.38. The molecule has 0 saturated carbocycles. The van der Waals surface area contributed by atoms with Crippen LogP contribution in [0, 0.1) is 5.92 Å². The Morgan fingerprint density at radius 2 is 1.71 bits per heavy atom. The summed E-state index contributed by atoms with van der Waals surface area (Å²) in [6.07, 6.45) is 7.03. The van der Waals surface area contributed by atoms with Crippen molar-refractivity contribution < 1.29 is 0 Å². The summed E-state index contributed by atoms with van der Waals surface area (Å²) in [6.45, 7) is 8.49. The number of hydrogen-bond donors (Lipinski definition) is 2. The minimum Gasteiger partial charge on any atom is -0.369 e. The van der Waals surface area contributed by atoms with Crippen LogP contribution in [-0.2, 0) is 0 Å². The van der Waals surface area contributed by atoms with Crippen molar-refractivity contribution in [2.24, 2.45) is 5.92 Å². The Morgan fingerprint density at radius 1 is 1.06 bits per heavy atom. The number of aromatic nitrogens is 2. The Balaban J connectivity index is 2.47. The second kappa shape index (κ2) is 7.87. The summed E-state index contributed by atoms with van der Waals surface area (Å²) in [6, 6.07) is 0. The van der Waals surface area contributed by atoms with Gasteiger partial charge in [0.1, 0.15) is 11.6 Å². The Morgan fingerprint density at radius 3 is 2.29 bits per heavy atom. The molecular formula is C13H24N4. The first-order chi connectivity index (χ1) is 8.30. The van der Waals surface area contributed by atoms with Crippen molar-refractivity contribution in [3.05, 3.63) is 12.4 Å². The van der Waals surface area contributed by atoms with Gasteiger partial charge in [-0.3, -0.25) is 4.98 Å². The van der Waals surface area contributed by atoms with Crippen LogP contribution in [-0.4, -0.2) is 23.1 Å². The third-order valence-corrected chi connectivity index (χ3v) is 2.92. The van der Waals surface area contributed by atoms with E-state index in [2.05, 4.69) is 41.4 Å². The molecule has 4 nitrogen and oxygen atoms in total. The smallest absolute Gasteiger partial charge is 0.146 e. The summed E-state index contributed by atoms with van der Waals surface area (Å²) >= 11 is 0. The van der Waals surface area contributed by atoms with Crippen molar-refractivity contribution in [2.45, 2.75) is 40.0 Å². The predicted molar refractivity (Wildman–Crippen MR) is 73.4 cm³/mol. The van der Waals surface area contributed by atoms with E-state index in [9.17, 15) is 0 Å². The van der Waals surface area contributed by atoms with E-state index in [1.54, 1.807) is 12.4 Å². The average molecular weight is 236 g/mol. The van der Waals surface area contributed by atoms with Crippen LogP contribution in [0.15, 0.2) is 12.4 Å². The van der Waals surface area contributed by atoms with Gasteiger partial charge in [0, 0.05) is 13.1 Å². The van der Waals surface area contributed by atoms with E-state index in [0.717, 1.165) is 31.1 Å². The molecule has 0 saturated heterocycles. The number of rotatable bonds is 8. The molecule has 0 radical (unpaired) electrons. The molecule has 17 heavy (non-hydrogen) atoms. The van der Waals surface area contributed by atoms with Crippen molar-refractivity contribution in [1.29, 1.82) is 0 Å². The van der Waals surface area contributed by atoms with Gasteiger partial charge in [-0.05, 0) is 12.3 Å². The van der Waals surface area contributed by atoms with Crippen molar-refractivity contribution in [1.82, 2.24) is 9.97 Å². The number of nitrogens with zero attached hydrogens (tertiary/aromatic N) is 2. The molecule has 96 valence electrons. The molecule has 0 atom stereocenters. The summed E-state index contributed by atoms with van der Waals surface area (Å²) < 4.78 is 0. The molecule has 0 aliphatic rings. The lowest BCUT2D eigenvalue weighted by Gasteiger charge is -2.14. The van der Waals surface area contributed by atoms with Crippen LogP contribution in [0.2, 0.25) is 0 Å². The summed E-state index contributed by atoms with van der Waals surface area (Å²) in [7, 11) is 0. The second-order valence-corrected chi connectivity index (χ2v) is 4.28. The van der Waals surface area contributed by atoms with Crippen LogP contribution in [0.5, 0.6) is 0 Å². The highest BCUT2D eigenvalue weighted by molar-refractivity contribution is 5.41. The third-order valence-electron chi connectivity index (χ3n) is 2.92. The van der Waals surface area contributed by atoms with Crippen LogP contribution >= 0.6 is 0 Å². The first kappa shape index (κ1) is 13.7. The summed E-state index contributed by atoms with van der Waals surface area (Å²) in [4.78, 5) is 8.65. The summed E-state index contributed by atoms with van der Waals surface area (Å²) in [5.74, 6) is 2.42. The van der Waals surface area contributed by atoms with Gasteiger partial charge in [-0.15, -0.1) is 0 Å². The quantitative estimate of drug-likeness (QED) is 0.728. The molecule has 1 aromatic rings. The van der Waals surface area contributed by atoms with E-state index in [1.807, 2.05) is 0 Å². The van der Waals surface area contributed by atoms with Gasteiger partial charge in [0.05, 0.1) is 12.4 Å². The third kappa shape index (κ3) is 5.02. The molecule has 4 heteroatoms. The van der Waals surface area contributed by atoms with Gasteiger partial charge in [-0.25, -0.2) is 4.98 Å². The molecule has 1 aromatic heterocycles. The Kier molecular flexibility index (Phi) is 6.37. The van der Waals surface area contributed by atoms with Gasteiger partial charge in [0.2, 0.25) is 0 Å². The molecule has 0 amide bonds. The van der Waals surface area contributed by atoms with Gasteiger partial charge in [0.25, 0.3) is 0 Å². The molecule has 0 aliphatic carbocycles. The Bertz CT molecular complexity index is 310. The maximum absolute atomic E-state index is 4.47. The van der Waals surface area contributed by atoms with E-state index in [0.29, 0.717) is 5.92 Å². The lowest BCUT2D eigenvalue weighted by molar-refractivity contribution is 0.518. The lowest BCUT2D eigenvalue weighted by atomic mass is 10.0. The molecule has 0 spiro atoms. The van der Waals surface area contributed by atoms with Gasteiger partial charge >= 0.3 is 0 Å². The SMILES string of the molecule is CCCNc1cncc(NCC(CC)CC)n1. The molecular weight excluding hydrogens is 212 g/mol. The zero-order chi connectivity index (χ0) is 12.5. The number of hydrogen-bond acceptors (Lipinski definition) is 4. The zero-order valence-corrected chi connectivity index (χ0v) is 11.2. The van der Waals surface area contributed by atoms with Gasteiger partial charge in [0.15, 0.2) is 0 Å². The fourth-order valence-corrected chi connectivity index (χ4v) is 1.62. The standard InChI is InChI=1S/C13H24N4/c1-4-7-15-12-9-14-10-13(17-12)16-8-11(5-2)6-3/h9-11H,4-8H2,1-3H3,(H2,15,16,17). The van der Waals surface area contributed by atoms with Gasteiger partial charge in [-0.1, -0.05) is 33.6 Å². The summed E-state index contributed by atoms with van der Waals surface area (Å²) in [5, 5.41) is 6.59. The van der Waals surface area contributed by atoms with Crippen molar-refractivity contribution >= 4 is 11.6 Å². The fourth-order valence-electron chi connectivity index (χ4n) is 1.62. The van der Waals surface area contributed by atoms with E-state index in [-0.39, 0.29) is 0 Å². The normalized spacial score (nSPS) is 10.6. The van der Waals surface area contributed by atoms with Gasteiger partial charge < -0.3 is 10.6 Å². The van der Waals surface area contributed by atoms with E-state index in [4.69, 9.17) is 0 Å². The van der Waals surface area contributed by atoms with E-state index in [1.165, 1.54) is 12.8 Å². The number of anilines is 2. The Hall–Kier alpha value is -1.32. The highest BCUT2D eigenvalue weighted by atomic mass is 15.1. The molecule has 0 aromatic carbocycles. The Labute approximate surface area is 104 Å². The minimum absolute atomic E-state index is 0.712. The monoisotopic (exact) mass is 236 g/mol. The molecule has 2 N–H and O–H groups in total. The molecule has 0 aliphatic heterocycles. The second-order valence-electron chi connectivity index (χ2n) is 4.28. The molecule has 1 rings (SSSR count). The minimum atomic E-state index is 0.712. The molecule has 0 fully saturated rings. The van der Waals surface area contributed by atoms with Crippen LogP contribution < -0.4 is 10.6 Å². The first-order valence-electron chi connectivity index (χ1n) is 6.59. The van der Waals surface area contributed by atoms with E-state index >= 15 is 0 Å². The van der Waals surface area contributed by atoms with Crippen molar-refractivity contribution in [3.8, 4) is 0 Å². The largest absolute Gasteiger partial charge is 0.369 e. The molecule has 0 unspecified atom stereocenters. The van der Waals surface area contributed by atoms with E-state index < -0.39 is 0 Å². The highest BCUT2D eigenvalue weighted by Gasteiger charge is 2.04. The highest BCUT2D eigenvalue weighted by Crippen LogP contribution is 2.11. The van der Waals surface area contributed by atoms with Crippen LogP contribution in [0.1, 0.15) is 40.0 Å². The lowest BCUT2D eigenvalue weighted by Crippen LogP contribution is -2.14. The predicted octanol–water partition coefficient (Wildman–Crippen LogP) is 3.15. The summed E-state index contributed by atoms with van der Waals surface area (Å²) in [5.41, 5.74) is 0. The topological polar surface area (TPSA) is 49.8 Å². The van der Waals surface area contributed by atoms with Crippen LogP contribution in [0.3, 0.4) is 0 Å². The fraction of sp³-hybridized carbons (Fsp3) is 0.692. The molecule has 1 heterocycles. The maximum Gasteiger partial charge on any atom is 0.146 e. The van der Waals surface area contributed by atoms with Crippen molar-refractivity contribution in [2.75, 3.05) is 23.7 Å². The maximum atomic E-state index is 4.47.